The fourth-order valence-corrected chi connectivity index (χ4v) is 3.27. The number of nitrogens with one attached hydrogen (secondary N) is 1. The van der Waals surface area contributed by atoms with Gasteiger partial charge in [0.05, 0.1) is 24.9 Å². The SMILES string of the molecule is Cc1cccnc1C(C)(C)CN=C(N)NC1CCOc2ccccc21. The first kappa shape index (κ1) is 17.3. The number of aliphatic imine (C=N–C) groups is 1. The van der Waals surface area contributed by atoms with Crippen molar-refractivity contribution in [3.63, 3.8) is 0 Å². The number of guanidine groups is 1. The van der Waals surface area contributed by atoms with Crippen molar-refractivity contribution in [2.75, 3.05) is 13.2 Å². The fourth-order valence-electron chi connectivity index (χ4n) is 3.27. The van der Waals surface area contributed by atoms with Crippen molar-refractivity contribution >= 4 is 5.96 Å². The number of aromatic nitrogens is 1. The van der Waals surface area contributed by atoms with E-state index >= 15 is 0 Å². The molecule has 132 valence electrons. The molecule has 0 fully saturated rings. The quantitative estimate of drug-likeness (QED) is 0.664. The molecule has 0 saturated carbocycles. The number of hydrogen-bond donors (Lipinski definition) is 2. The van der Waals surface area contributed by atoms with Gasteiger partial charge in [-0.3, -0.25) is 9.98 Å². The molecule has 1 aromatic carbocycles. The molecule has 3 N–H and O–H groups in total. The Bertz CT molecular complexity index is 770. The number of para-hydroxylation sites is 1. The number of nitrogens with zero attached hydrogens (tertiary/aromatic N) is 2. The second kappa shape index (κ2) is 7.13. The molecule has 0 spiro atoms. The van der Waals surface area contributed by atoms with E-state index in [9.17, 15) is 0 Å². The normalized spacial score (nSPS) is 17.6. The van der Waals surface area contributed by atoms with Crippen molar-refractivity contribution in [3.8, 4) is 5.75 Å². The molecule has 0 aliphatic carbocycles. The number of fused-ring (bicyclic) bond motifs is 1. The van der Waals surface area contributed by atoms with Gasteiger partial charge in [-0.2, -0.15) is 0 Å². The lowest BCUT2D eigenvalue weighted by Gasteiger charge is -2.28. The molecule has 2 aromatic rings. The molecule has 2 heterocycles. The zero-order valence-electron chi connectivity index (χ0n) is 15.1. The van der Waals surface area contributed by atoms with Crippen molar-refractivity contribution in [1.82, 2.24) is 10.3 Å². The van der Waals surface area contributed by atoms with Crippen molar-refractivity contribution in [3.05, 3.63) is 59.4 Å². The summed E-state index contributed by atoms with van der Waals surface area (Å²) in [6, 6.07) is 12.2. The van der Waals surface area contributed by atoms with Gasteiger partial charge in [-0.25, -0.2) is 0 Å². The minimum atomic E-state index is -0.175. The predicted molar refractivity (Wildman–Crippen MR) is 101 cm³/mol. The first-order valence-corrected chi connectivity index (χ1v) is 8.67. The van der Waals surface area contributed by atoms with E-state index in [1.807, 2.05) is 30.5 Å². The first-order valence-electron chi connectivity index (χ1n) is 8.67. The van der Waals surface area contributed by atoms with Crippen LogP contribution in [-0.2, 0) is 5.41 Å². The molecule has 0 bridgehead atoms. The highest BCUT2D eigenvalue weighted by Crippen LogP contribution is 2.31. The van der Waals surface area contributed by atoms with Crippen LogP contribution in [0.2, 0.25) is 0 Å². The van der Waals surface area contributed by atoms with Crippen LogP contribution in [0.5, 0.6) is 5.75 Å². The van der Waals surface area contributed by atoms with Gasteiger partial charge in [-0.1, -0.05) is 38.1 Å². The molecule has 0 amide bonds. The number of rotatable bonds is 4. The maximum atomic E-state index is 6.16. The van der Waals surface area contributed by atoms with Crippen LogP contribution in [-0.4, -0.2) is 24.1 Å². The summed E-state index contributed by atoms with van der Waals surface area (Å²) in [5.74, 6) is 1.38. The largest absolute Gasteiger partial charge is 0.493 e. The van der Waals surface area contributed by atoms with Crippen LogP contribution < -0.4 is 15.8 Å². The Kier molecular flexibility index (Phi) is 4.93. The fraction of sp³-hybridized carbons (Fsp3) is 0.400. The van der Waals surface area contributed by atoms with Crippen molar-refractivity contribution < 1.29 is 4.74 Å². The molecular formula is C20H26N4O. The van der Waals surface area contributed by atoms with Gasteiger partial charge in [0.1, 0.15) is 5.75 Å². The molecule has 1 aromatic heterocycles. The summed E-state index contributed by atoms with van der Waals surface area (Å²) < 4.78 is 5.69. The van der Waals surface area contributed by atoms with Crippen molar-refractivity contribution in [1.29, 1.82) is 0 Å². The molecule has 1 unspecified atom stereocenters. The monoisotopic (exact) mass is 338 g/mol. The molecule has 1 aliphatic rings. The summed E-state index contributed by atoms with van der Waals surface area (Å²) in [5, 5.41) is 3.34. The van der Waals surface area contributed by atoms with Gasteiger partial charge in [0, 0.05) is 23.6 Å². The van der Waals surface area contributed by atoms with E-state index in [4.69, 9.17) is 10.5 Å². The highest BCUT2D eigenvalue weighted by atomic mass is 16.5. The molecule has 3 rings (SSSR count). The molecule has 1 atom stereocenters. The van der Waals surface area contributed by atoms with Crippen LogP contribution >= 0.6 is 0 Å². The third-order valence-corrected chi connectivity index (χ3v) is 4.58. The van der Waals surface area contributed by atoms with Crippen LogP contribution in [0.3, 0.4) is 0 Å². The number of pyridine rings is 1. The van der Waals surface area contributed by atoms with Gasteiger partial charge in [-0.15, -0.1) is 0 Å². The Morgan fingerprint density at radius 2 is 2.12 bits per heavy atom. The Labute approximate surface area is 149 Å². The van der Waals surface area contributed by atoms with Crippen LogP contribution in [0.15, 0.2) is 47.6 Å². The highest BCUT2D eigenvalue weighted by Gasteiger charge is 2.25. The Hall–Kier alpha value is -2.56. The number of hydrogen-bond acceptors (Lipinski definition) is 3. The van der Waals surface area contributed by atoms with Crippen molar-refractivity contribution in [2.24, 2.45) is 10.7 Å². The lowest BCUT2D eigenvalue weighted by Crippen LogP contribution is -2.38. The van der Waals surface area contributed by atoms with E-state index in [1.165, 1.54) is 5.56 Å². The molecule has 25 heavy (non-hydrogen) atoms. The average molecular weight is 338 g/mol. The van der Waals surface area contributed by atoms with Crippen LogP contribution in [0, 0.1) is 6.92 Å². The molecule has 1 aliphatic heterocycles. The average Bonchev–Trinajstić information content (AvgIpc) is 2.61. The topological polar surface area (TPSA) is 72.5 Å². The third-order valence-electron chi connectivity index (χ3n) is 4.58. The summed E-state index contributed by atoms with van der Waals surface area (Å²) in [7, 11) is 0. The van der Waals surface area contributed by atoms with Gasteiger partial charge in [0.25, 0.3) is 0 Å². The number of ether oxygens (including phenoxy) is 1. The van der Waals surface area contributed by atoms with Crippen LogP contribution in [0.25, 0.3) is 0 Å². The third kappa shape index (κ3) is 3.92. The maximum absolute atomic E-state index is 6.16. The van der Waals surface area contributed by atoms with Gasteiger partial charge in [-0.05, 0) is 24.6 Å². The van der Waals surface area contributed by atoms with Crippen LogP contribution in [0.4, 0.5) is 0 Å². The van der Waals surface area contributed by atoms with Gasteiger partial charge < -0.3 is 15.8 Å². The first-order chi connectivity index (χ1) is 12.0. The second-order valence-corrected chi connectivity index (χ2v) is 7.13. The summed E-state index contributed by atoms with van der Waals surface area (Å²) in [6.45, 7) is 7.62. The minimum absolute atomic E-state index is 0.133. The van der Waals surface area contributed by atoms with E-state index in [2.05, 4.69) is 48.2 Å². The van der Waals surface area contributed by atoms with Gasteiger partial charge in [0.15, 0.2) is 5.96 Å². The van der Waals surface area contributed by atoms with Crippen molar-refractivity contribution in [2.45, 2.75) is 38.6 Å². The Morgan fingerprint density at radius 1 is 1.32 bits per heavy atom. The van der Waals surface area contributed by atoms with E-state index < -0.39 is 0 Å². The smallest absolute Gasteiger partial charge is 0.189 e. The van der Waals surface area contributed by atoms with E-state index in [-0.39, 0.29) is 11.5 Å². The highest BCUT2D eigenvalue weighted by molar-refractivity contribution is 5.78. The predicted octanol–water partition coefficient (Wildman–Crippen LogP) is 3.10. The number of aryl methyl sites for hydroxylation is 1. The molecule has 5 heteroatoms. The van der Waals surface area contributed by atoms with Gasteiger partial charge >= 0.3 is 0 Å². The second-order valence-electron chi connectivity index (χ2n) is 7.13. The Balaban J connectivity index is 1.70. The lowest BCUT2D eigenvalue weighted by atomic mass is 9.86. The number of nitrogens with two attached hydrogens (primary N) is 1. The molecule has 0 saturated heterocycles. The zero-order chi connectivity index (χ0) is 17.9. The summed E-state index contributed by atoms with van der Waals surface area (Å²) in [5.41, 5.74) is 9.35. The standard InChI is InChI=1S/C20H26N4O/c1-14-7-6-11-22-18(14)20(2,3)13-23-19(21)24-16-10-12-25-17-9-5-4-8-15(16)17/h4-9,11,16H,10,12-13H2,1-3H3,(H3,21,23,24). The zero-order valence-corrected chi connectivity index (χ0v) is 15.1. The minimum Gasteiger partial charge on any atom is -0.493 e. The Morgan fingerprint density at radius 3 is 2.92 bits per heavy atom. The molecule has 5 nitrogen and oxygen atoms in total. The molecular weight excluding hydrogens is 312 g/mol. The molecule has 0 radical (unpaired) electrons. The van der Waals surface area contributed by atoms with Crippen LogP contribution in [0.1, 0.15) is 43.1 Å². The van der Waals surface area contributed by atoms with E-state index in [0.717, 1.165) is 23.4 Å². The maximum Gasteiger partial charge on any atom is 0.189 e. The van der Waals surface area contributed by atoms with E-state index in [1.54, 1.807) is 0 Å². The summed E-state index contributed by atoms with van der Waals surface area (Å²) in [6.07, 6.45) is 2.70. The van der Waals surface area contributed by atoms with E-state index in [0.29, 0.717) is 19.1 Å². The lowest BCUT2D eigenvalue weighted by molar-refractivity contribution is 0.262. The summed E-state index contributed by atoms with van der Waals surface area (Å²) >= 11 is 0. The number of benzene rings is 1. The summed E-state index contributed by atoms with van der Waals surface area (Å²) in [4.78, 5) is 9.11. The van der Waals surface area contributed by atoms with Gasteiger partial charge in [0.2, 0.25) is 0 Å².